The highest BCUT2D eigenvalue weighted by atomic mass is 16.5. The van der Waals surface area contributed by atoms with Gasteiger partial charge in [0.15, 0.2) is 0 Å². The van der Waals surface area contributed by atoms with Gasteiger partial charge in [-0.05, 0) is 45.7 Å². The van der Waals surface area contributed by atoms with Crippen molar-refractivity contribution >= 4 is 17.8 Å². The lowest BCUT2D eigenvalue weighted by atomic mass is 10.0. The quantitative estimate of drug-likeness (QED) is 0.763. The molecule has 25 heavy (non-hydrogen) atoms. The minimum absolute atomic E-state index is 0.181. The lowest BCUT2D eigenvalue weighted by molar-refractivity contribution is -0.137. The van der Waals surface area contributed by atoms with Crippen LogP contribution in [0.2, 0.25) is 0 Å². The number of para-hydroxylation sites is 1. The zero-order valence-electron chi connectivity index (χ0n) is 15.3. The molecule has 1 aliphatic heterocycles. The summed E-state index contributed by atoms with van der Waals surface area (Å²) in [5, 5.41) is 5.43. The topological polar surface area (TPSA) is 87.7 Å². The molecule has 0 aromatic heterocycles. The maximum absolute atomic E-state index is 12.5. The zero-order chi connectivity index (χ0) is 18.8. The van der Waals surface area contributed by atoms with Gasteiger partial charge in [-0.15, -0.1) is 0 Å². The van der Waals surface area contributed by atoms with Crippen molar-refractivity contribution in [1.29, 1.82) is 0 Å². The van der Waals surface area contributed by atoms with Crippen molar-refractivity contribution in [3.05, 3.63) is 29.8 Å². The second-order valence-corrected chi connectivity index (χ2v) is 6.83. The lowest BCUT2D eigenvalue weighted by Crippen LogP contribution is -2.51. The fourth-order valence-corrected chi connectivity index (χ4v) is 2.86. The molecule has 1 saturated heterocycles. The molecule has 7 nitrogen and oxygen atoms in total. The zero-order valence-corrected chi connectivity index (χ0v) is 15.3. The molecule has 0 aliphatic carbocycles. The van der Waals surface area contributed by atoms with Crippen LogP contribution in [0.1, 0.15) is 33.3 Å². The predicted octanol–water partition coefficient (Wildman–Crippen LogP) is 1.46. The Balaban J connectivity index is 2.01. The molecule has 0 radical (unpaired) electrons. The van der Waals surface area contributed by atoms with E-state index in [1.807, 2.05) is 31.2 Å². The molecule has 1 aromatic rings. The molecule has 1 fully saturated rings. The molecule has 1 aliphatic rings. The number of amides is 4. The Morgan fingerprint density at radius 1 is 1.28 bits per heavy atom. The third-order valence-corrected chi connectivity index (χ3v) is 4.27. The Labute approximate surface area is 147 Å². The SMILES string of the molecule is COc1ccccc1C[C@H](C)NC(=O)[C@H](C)N1C(=O)NC(C)(C)C1=O. The molecular weight excluding hydrogens is 322 g/mol. The third kappa shape index (κ3) is 3.92. The van der Waals surface area contributed by atoms with Gasteiger partial charge in [0.1, 0.15) is 17.3 Å². The summed E-state index contributed by atoms with van der Waals surface area (Å²) in [5.74, 6) is -0.0198. The first-order valence-corrected chi connectivity index (χ1v) is 8.25. The first kappa shape index (κ1) is 18.8. The van der Waals surface area contributed by atoms with Gasteiger partial charge in [-0.1, -0.05) is 18.2 Å². The van der Waals surface area contributed by atoms with E-state index in [9.17, 15) is 14.4 Å². The summed E-state index contributed by atoms with van der Waals surface area (Å²) in [6.07, 6.45) is 0.577. The molecule has 4 amide bonds. The Morgan fingerprint density at radius 2 is 1.92 bits per heavy atom. The van der Waals surface area contributed by atoms with Gasteiger partial charge in [-0.2, -0.15) is 0 Å². The van der Waals surface area contributed by atoms with E-state index in [0.29, 0.717) is 6.42 Å². The Kier molecular flexibility index (Phi) is 5.35. The summed E-state index contributed by atoms with van der Waals surface area (Å²) in [4.78, 5) is 37.7. The molecule has 136 valence electrons. The van der Waals surface area contributed by atoms with Crippen LogP contribution in [0.3, 0.4) is 0 Å². The summed E-state index contributed by atoms with van der Waals surface area (Å²) in [7, 11) is 1.60. The van der Waals surface area contributed by atoms with Gasteiger partial charge >= 0.3 is 6.03 Å². The minimum Gasteiger partial charge on any atom is -0.496 e. The largest absolute Gasteiger partial charge is 0.496 e. The number of hydrogen-bond acceptors (Lipinski definition) is 4. The average molecular weight is 347 g/mol. The molecule has 0 saturated carbocycles. The van der Waals surface area contributed by atoms with Crippen LogP contribution in [0, 0.1) is 0 Å². The van der Waals surface area contributed by atoms with Crippen molar-refractivity contribution in [1.82, 2.24) is 15.5 Å². The maximum Gasteiger partial charge on any atom is 0.325 e. The van der Waals surface area contributed by atoms with Crippen LogP contribution in [0.4, 0.5) is 4.79 Å². The molecule has 2 rings (SSSR count). The molecular formula is C18H25N3O4. The van der Waals surface area contributed by atoms with Gasteiger partial charge < -0.3 is 15.4 Å². The van der Waals surface area contributed by atoms with Gasteiger partial charge in [-0.25, -0.2) is 9.69 Å². The van der Waals surface area contributed by atoms with Crippen molar-refractivity contribution in [3.63, 3.8) is 0 Å². The Hall–Kier alpha value is -2.57. The van der Waals surface area contributed by atoms with E-state index < -0.39 is 23.5 Å². The van der Waals surface area contributed by atoms with E-state index >= 15 is 0 Å². The van der Waals surface area contributed by atoms with Gasteiger partial charge in [0, 0.05) is 6.04 Å². The summed E-state index contributed by atoms with van der Waals surface area (Å²) in [5.41, 5.74) is -0.0177. The van der Waals surface area contributed by atoms with Crippen LogP contribution in [-0.4, -0.2) is 47.5 Å². The Morgan fingerprint density at radius 3 is 2.48 bits per heavy atom. The van der Waals surface area contributed by atoms with E-state index in [1.165, 1.54) is 0 Å². The number of carbonyl (C=O) groups excluding carboxylic acids is 3. The van der Waals surface area contributed by atoms with Crippen LogP contribution in [-0.2, 0) is 16.0 Å². The van der Waals surface area contributed by atoms with E-state index in [0.717, 1.165) is 16.2 Å². The van der Waals surface area contributed by atoms with E-state index in [1.54, 1.807) is 27.9 Å². The van der Waals surface area contributed by atoms with Gasteiger partial charge in [0.2, 0.25) is 5.91 Å². The molecule has 1 aromatic carbocycles. The predicted molar refractivity (Wildman–Crippen MR) is 93.2 cm³/mol. The molecule has 0 spiro atoms. The summed E-state index contributed by atoms with van der Waals surface area (Å²) in [6.45, 7) is 6.64. The second-order valence-electron chi connectivity index (χ2n) is 6.83. The Bertz CT molecular complexity index is 687. The molecule has 0 unspecified atom stereocenters. The molecule has 0 bridgehead atoms. The first-order chi connectivity index (χ1) is 11.7. The van der Waals surface area contributed by atoms with Crippen molar-refractivity contribution in [3.8, 4) is 5.75 Å². The van der Waals surface area contributed by atoms with Gasteiger partial charge in [0.05, 0.1) is 7.11 Å². The fourth-order valence-electron chi connectivity index (χ4n) is 2.86. The molecule has 2 atom stereocenters. The summed E-state index contributed by atoms with van der Waals surface area (Å²) >= 11 is 0. The van der Waals surface area contributed by atoms with E-state index in [2.05, 4.69) is 10.6 Å². The fraction of sp³-hybridized carbons (Fsp3) is 0.500. The van der Waals surface area contributed by atoms with Gasteiger partial charge in [0.25, 0.3) is 5.91 Å². The highest BCUT2D eigenvalue weighted by Gasteiger charge is 2.47. The van der Waals surface area contributed by atoms with Crippen LogP contribution in [0.5, 0.6) is 5.75 Å². The second kappa shape index (κ2) is 7.13. The number of ether oxygens (including phenoxy) is 1. The first-order valence-electron chi connectivity index (χ1n) is 8.25. The standard InChI is InChI=1S/C18H25N3O4/c1-11(10-13-8-6-7-9-14(13)25-5)19-15(22)12(2)21-16(23)18(3,4)20-17(21)24/h6-9,11-12H,10H2,1-5H3,(H,19,22)(H,20,24)/t11-,12-/m0/s1. The van der Waals surface area contributed by atoms with Crippen LogP contribution in [0.25, 0.3) is 0 Å². The van der Waals surface area contributed by atoms with E-state index in [4.69, 9.17) is 4.74 Å². The normalized spacial score (nSPS) is 18.5. The third-order valence-electron chi connectivity index (χ3n) is 4.27. The van der Waals surface area contributed by atoms with Crippen LogP contribution >= 0.6 is 0 Å². The molecule has 7 heteroatoms. The number of imide groups is 1. The van der Waals surface area contributed by atoms with E-state index in [-0.39, 0.29) is 11.9 Å². The number of benzene rings is 1. The van der Waals surface area contributed by atoms with Crippen molar-refractivity contribution in [2.75, 3.05) is 7.11 Å². The highest BCUT2D eigenvalue weighted by Crippen LogP contribution is 2.20. The number of rotatable bonds is 6. The van der Waals surface area contributed by atoms with Crippen LogP contribution < -0.4 is 15.4 Å². The summed E-state index contributed by atoms with van der Waals surface area (Å²) < 4.78 is 5.31. The monoisotopic (exact) mass is 347 g/mol. The van der Waals surface area contributed by atoms with Crippen molar-refractivity contribution in [2.45, 2.75) is 51.7 Å². The highest BCUT2D eigenvalue weighted by molar-refractivity contribution is 6.09. The van der Waals surface area contributed by atoms with Crippen LogP contribution in [0.15, 0.2) is 24.3 Å². The number of methoxy groups -OCH3 is 1. The number of hydrogen-bond donors (Lipinski definition) is 2. The van der Waals surface area contributed by atoms with Gasteiger partial charge in [-0.3, -0.25) is 9.59 Å². The molecule has 1 heterocycles. The number of nitrogens with one attached hydrogen (secondary N) is 2. The number of urea groups is 1. The maximum atomic E-state index is 12.5. The molecule has 2 N–H and O–H groups in total. The van der Waals surface area contributed by atoms with Crippen molar-refractivity contribution in [2.24, 2.45) is 0 Å². The lowest BCUT2D eigenvalue weighted by Gasteiger charge is -2.24. The number of nitrogens with zero attached hydrogens (tertiary/aromatic N) is 1. The average Bonchev–Trinajstić information content (AvgIpc) is 2.74. The summed E-state index contributed by atoms with van der Waals surface area (Å²) in [6, 6.07) is 5.98. The van der Waals surface area contributed by atoms with Crippen molar-refractivity contribution < 1.29 is 19.1 Å². The minimum atomic E-state index is -0.991. The number of carbonyl (C=O) groups is 3. The smallest absolute Gasteiger partial charge is 0.325 e.